The minimum absolute atomic E-state index is 0.178. The highest BCUT2D eigenvalue weighted by Gasteiger charge is 2.32. The number of carbonyl (C=O) groups is 2. The van der Waals surface area contributed by atoms with Crippen LogP contribution in [0.4, 0.5) is 4.79 Å². The Kier molecular flexibility index (Phi) is 4.29. The quantitative estimate of drug-likeness (QED) is 0.803. The van der Waals surface area contributed by atoms with Gasteiger partial charge in [-0.3, -0.25) is 4.79 Å². The molecular formula is C13H22N2O4. The van der Waals surface area contributed by atoms with E-state index in [0.717, 1.165) is 25.9 Å². The number of hydrogen-bond donors (Lipinski definition) is 2. The highest BCUT2D eigenvalue weighted by Crippen LogP contribution is 2.24. The number of likely N-dealkylation sites (tertiary alicyclic amines) is 1. The van der Waals surface area contributed by atoms with Crippen LogP contribution >= 0.6 is 0 Å². The third-order valence-corrected chi connectivity index (χ3v) is 3.97. The standard InChI is InChI=1S/C13H22N2O4/c1-13(5-3-7-19-13)9-14-12(18)15-6-2-4-10(8-15)11(16)17/h10H,2-9H2,1H3,(H,14,18)(H,16,17)/t10-,13?/m1/s1. The molecule has 6 heteroatoms. The number of aliphatic carboxylic acids is 1. The highest BCUT2D eigenvalue weighted by molar-refractivity contribution is 5.76. The summed E-state index contributed by atoms with van der Waals surface area (Å²) in [5.41, 5.74) is -0.266. The lowest BCUT2D eigenvalue weighted by Gasteiger charge is -2.32. The number of urea groups is 1. The molecule has 0 aromatic rings. The van der Waals surface area contributed by atoms with Crippen LogP contribution in [0.1, 0.15) is 32.6 Å². The lowest BCUT2D eigenvalue weighted by atomic mass is 9.98. The largest absolute Gasteiger partial charge is 0.481 e. The molecule has 0 saturated carbocycles. The number of rotatable bonds is 3. The fraction of sp³-hybridized carbons (Fsp3) is 0.846. The van der Waals surface area contributed by atoms with E-state index in [-0.39, 0.29) is 11.6 Å². The van der Waals surface area contributed by atoms with Gasteiger partial charge in [0.2, 0.25) is 0 Å². The van der Waals surface area contributed by atoms with Gasteiger partial charge in [-0.15, -0.1) is 0 Å². The number of carboxylic acid groups (broad SMARTS) is 1. The van der Waals surface area contributed by atoms with E-state index in [9.17, 15) is 9.59 Å². The maximum absolute atomic E-state index is 12.0. The molecule has 2 amide bonds. The van der Waals surface area contributed by atoms with Gasteiger partial charge in [0, 0.05) is 26.2 Å². The molecule has 2 fully saturated rings. The van der Waals surface area contributed by atoms with E-state index in [1.165, 1.54) is 0 Å². The van der Waals surface area contributed by atoms with Crippen molar-refractivity contribution in [2.75, 3.05) is 26.2 Å². The molecule has 0 spiro atoms. The van der Waals surface area contributed by atoms with Crippen LogP contribution in [0, 0.1) is 5.92 Å². The van der Waals surface area contributed by atoms with Crippen molar-refractivity contribution in [1.29, 1.82) is 0 Å². The number of carboxylic acids is 1. The first-order chi connectivity index (χ1) is 9.00. The van der Waals surface area contributed by atoms with Gasteiger partial charge >= 0.3 is 12.0 Å². The van der Waals surface area contributed by atoms with Crippen LogP contribution in [0.3, 0.4) is 0 Å². The second-order valence-corrected chi connectivity index (χ2v) is 5.68. The predicted molar refractivity (Wildman–Crippen MR) is 68.9 cm³/mol. The smallest absolute Gasteiger partial charge is 0.317 e. The number of nitrogens with zero attached hydrogens (tertiary/aromatic N) is 1. The van der Waals surface area contributed by atoms with Crippen molar-refractivity contribution in [1.82, 2.24) is 10.2 Å². The van der Waals surface area contributed by atoms with E-state index < -0.39 is 11.9 Å². The molecule has 0 aromatic carbocycles. The van der Waals surface area contributed by atoms with Crippen molar-refractivity contribution >= 4 is 12.0 Å². The first-order valence-corrected chi connectivity index (χ1v) is 6.90. The van der Waals surface area contributed by atoms with Gasteiger partial charge in [0.15, 0.2) is 0 Å². The van der Waals surface area contributed by atoms with Crippen molar-refractivity contribution in [2.24, 2.45) is 5.92 Å². The van der Waals surface area contributed by atoms with Crippen LogP contribution < -0.4 is 5.32 Å². The second-order valence-electron chi connectivity index (χ2n) is 5.68. The number of amides is 2. The summed E-state index contributed by atoms with van der Waals surface area (Å²) in [5.74, 6) is -1.25. The lowest BCUT2D eigenvalue weighted by Crippen LogP contribution is -2.50. The molecule has 2 heterocycles. The first kappa shape index (κ1) is 14.1. The molecule has 19 heavy (non-hydrogen) atoms. The fourth-order valence-corrected chi connectivity index (χ4v) is 2.71. The Hall–Kier alpha value is -1.30. The van der Waals surface area contributed by atoms with Crippen LogP contribution in [-0.4, -0.2) is 53.8 Å². The first-order valence-electron chi connectivity index (χ1n) is 6.90. The molecule has 2 atom stereocenters. The summed E-state index contributed by atoms with van der Waals surface area (Å²) >= 11 is 0. The number of nitrogens with one attached hydrogen (secondary N) is 1. The zero-order valence-corrected chi connectivity index (χ0v) is 11.4. The molecule has 6 nitrogen and oxygen atoms in total. The molecule has 0 radical (unpaired) electrons. The lowest BCUT2D eigenvalue weighted by molar-refractivity contribution is -0.143. The third-order valence-electron chi connectivity index (χ3n) is 3.97. The van der Waals surface area contributed by atoms with E-state index in [4.69, 9.17) is 9.84 Å². The molecule has 1 unspecified atom stereocenters. The average molecular weight is 270 g/mol. The molecule has 0 bridgehead atoms. The van der Waals surface area contributed by atoms with Gasteiger partial charge in [0.1, 0.15) is 0 Å². The summed E-state index contributed by atoms with van der Waals surface area (Å²) in [5, 5.41) is 11.9. The number of ether oxygens (including phenoxy) is 1. The van der Waals surface area contributed by atoms with E-state index in [0.29, 0.717) is 26.1 Å². The van der Waals surface area contributed by atoms with Gasteiger partial charge in [0.25, 0.3) is 0 Å². The van der Waals surface area contributed by atoms with Gasteiger partial charge in [0.05, 0.1) is 11.5 Å². The maximum atomic E-state index is 12.0. The van der Waals surface area contributed by atoms with Crippen LogP contribution in [0.5, 0.6) is 0 Å². The van der Waals surface area contributed by atoms with Gasteiger partial charge < -0.3 is 20.1 Å². The summed E-state index contributed by atoms with van der Waals surface area (Å²) in [6.07, 6.45) is 3.38. The van der Waals surface area contributed by atoms with Crippen LogP contribution in [-0.2, 0) is 9.53 Å². The molecule has 0 aliphatic carbocycles. The average Bonchev–Trinajstić information content (AvgIpc) is 2.83. The minimum Gasteiger partial charge on any atom is -0.481 e. The van der Waals surface area contributed by atoms with Crippen molar-refractivity contribution in [2.45, 2.75) is 38.2 Å². The van der Waals surface area contributed by atoms with Gasteiger partial charge in [-0.25, -0.2) is 4.79 Å². The number of piperidine rings is 1. The molecule has 2 N–H and O–H groups in total. The highest BCUT2D eigenvalue weighted by atomic mass is 16.5. The van der Waals surface area contributed by atoms with Crippen molar-refractivity contribution in [3.63, 3.8) is 0 Å². The molecule has 2 aliphatic heterocycles. The Balaban J connectivity index is 1.80. The Morgan fingerprint density at radius 2 is 2.26 bits per heavy atom. The summed E-state index contributed by atoms with van der Waals surface area (Å²) in [7, 11) is 0. The minimum atomic E-state index is -0.816. The Morgan fingerprint density at radius 3 is 2.89 bits per heavy atom. The van der Waals surface area contributed by atoms with E-state index >= 15 is 0 Å². The molecule has 2 rings (SSSR count). The summed E-state index contributed by atoms with van der Waals surface area (Å²) in [6, 6.07) is -0.178. The fourth-order valence-electron chi connectivity index (χ4n) is 2.71. The molecule has 2 saturated heterocycles. The number of carbonyl (C=O) groups excluding carboxylic acids is 1. The van der Waals surface area contributed by atoms with Gasteiger partial charge in [-0.2, -0.15) is 0 Å². The summed E-state index contributed by atoms with van der Waals surface area (Å²) in [4.78, 5) is 24.6. The number of hydrogen-bond acceptors (Lipinski definition) is 3. The Bertz CT molecular complexity index is 353. The molecule has 2 aliphatic rings. The summed E-state index contributed by atoms with van der Waals surface area (Å²) in [6.45, 7) is 4.17. The van der Waals surface area contributed by atoms with E-state index in [2.05, 4.69) is 5.32 Å². The van der Waals surface area contributed by atoms with Crippen molar-refractivity contribution in [3.8, 4) is 0 Å². The zero-order valence-electron chi connectivity index (χ0n) is 11.4. The SMILES string of the molecule is CC1(CNC(=O)N2CCC[C@@H](C(=O)O)C2)CCCO1. The maximum Gasteiger partial charge on any atom is 0.317 e. The van der Waals surface area contributed by atoms with Gasteiger partial charge in [-0.1, -0.05) is 0 Å². The van der Waals surface area contributed by atoms with E-state index in [1.807, 2.05) is 6.92 Å². The van der Waals surface area contributed by atoms with Gasteiger partial charge in [-0.05, 0) is 32.6 Å². The zero-order chi connectivity index (χ0) is 13.9. The third kappa shape index (κ3) is 3.59. The molecular weight excluding hydrogens is 248 g/mol. The van der Waals surface area contributed by atoms with Crippen LogP contribution in [0.15, 0.2) is 0 Å². The topological polar surface area (TPSA) is 78.9 Å². The van der Waals surface area contributed by atoms with Crippen molar-refractivity contribution < 1.29 is 19.4 Å². The van der Waals surface area contributed by atoms with E-state index in [1.54, 1.807) is 4.90 Å². The summed E-state index contributed by atoms with van der Waals surface area (Å²) < 4.78 is 5.61. The Morgan fingerprint density at radius 1 is 1.47 bits per heavy atom. The normalized spacial score (nSPS) is 31.2. The van der Waals surface area contributed by atoms with Crippen LogP contribution in [0.2, 0.25) is 0 Å². The monoisotopic (exact) mass is 270 g/mol. The predicted octanol–water partition coefficient (Wildman–Crippen LogP) is 1.06. The molecule has 0 aromatic heterocycles. The molecule has 108 valence electrons. The second kappa shape index (κ2) is 5.77. The Labute approximate surface area is 113 Å². The van der Waals surface area contributed by atoms with Crippen LogP contribution in [0.25, 0.3) is 0 Å². The van der Waals surface area contributed by atoms with Crippen molar-refractivity contribution in [3.05, 3.63) is 0 Å².